The van der Waals surface area contributed by atoms with Crippen molar-refractivity contribution in [2.75, 3.05) is 18.8 Å². The molecule has 94 valence electrons. The molecule has 0 spiro atoms. The topological polar surface area (TPSA) is 52.6 Å². The number of nitrogens with one attached hydrogen (secondary N) is 1. The number of hydrogen-bond donors (Lipinski definition) is 2. The lowest BCUT2D eigenvalue weighted by Crippen LogP contribution is -2.08. The van der Waals surface area contributed by atoms with Gasteiger partial charge in [-0.25, -0.2) is 8.70 Å². The van der Waals surface area contributed by atoms with Gasteiger partial charge in [0.15, 0.2) is 0 Å². The van der Waals surface area contributed by atoms with Gasteiger partial charge in [-0.1, -0.05) is 6.07 Å². The predicted molar refractivity (Wildman–Crippen MR) is 67.4 cm³/mol. The van der Waals surface area contributed by atoms with E-state index in [4.69, 9.17) is 5.11 Å². The minimum absolute atomic E-state index is 0.338. The fourth-order valence-electron chi connectivity index (χ4n) is 1.17. The molecule has 0 radical (unpaired) electrons. The molecule has 2 N–H and O–H groups in total. The lowest BCUT2D eigenvalue weighted by Gasteiger charge is -2.13. The van der Waals surface area contributed by atoms with Crippen molar-refractivity contribution in [3.8, 4) is 0 Å². The van der Waals surface area contributed by atoms with Crippen molar-refractivity contribution in [1.82, 2.24) is 4.31 Å². The Morgan fingerprint density at radius 3 is 2.65 bits per heavy atom. The van der Waals surface area contributed by atoms with Crippen LogP contribution in [0, 0.1) is 5.82 Å². The van der Waals surface area contributed by atoms with Crippen LogP contribution in [0.2, 0.25) is 0 Å². The van der Waals surface area contributed by atoms with E-state index in [1.165, 1.54) is 25.1 Å². The molecule has 1 unspecified atom stereocenters. The van der Waals surface area contributed by atoms with Gasteiger partial charge in [0.2, 0.25) is 0 Å². The monoisotopic (exact) mass is 258 g/mol. The molecular formula is C11H15FN2O2S. The zero-order valence-electron chi connectivity index (χ0n) is 9.90. The molecule has 1 aromatic carbocycles. The van der Waals surface area contributed by atoms with Crippen molar-refractivity contribution >= 4 is 23.8 Å². The summed E-state index contributed by atoms with van der Waals surface area (Å²) >= 11 is 1.25. The lowest BCUT2D eigenvalue weighted by molar-refractivity contribution is -0.138. The van der Waals surface area contributed by atoms with Crippen molar-refractivity contribution in [1.29, 1.82) is 0 Å². The number of aliphatic carboxylic acids is 1. The summed E-state index contributed by atoms with van der Waals surface area (Å²) in [6, 6.07) is 4.40. The second-order valence-corrected chi connectivity index (χ2v) is 4.92. The first kappa shape index (κ1) is 13.8. The van der Waals surface area contributed by atoms with Crippen LogP contribution in [0.25, 0.3) is 0 Å². The number of benzene rings is 1. The first-order valence-corrected chi connectivity index (χ1v) is 5.81. The van der Waals surface area contributed by atoms with Crippen LogP contribution < -0.4 is 4.72 Å². The van der Waals surface area contributed by atoms with Gasteiger partial charge >= 0.3 is 5.97 Å². The SMILES string of the molecule is CC(C(=O)O)c1ccc(NSN(C)C)c(F)c1. The van der Waals surface area contributed by atoms with Crippen molar-refractivity contribution < 1.29 is 14.3 Å². The van der Waals surface area contributed by atoms with Crippen LogP contribution >= 0.6 is 12.1 Å². The number of hydrogen-bond acceptors (Lipinski definition) is 4. The number of carboxylic acids is 1. The Morgan fingerprint density at radius 2 is 2.18 bits per heavy atom. The molecule has 0 aromatic heterocycles. The molecule has 17 heavy (non-hydrogen) atoms. The number of carboxylic acid groups (broad SMARTS) is 1. The molecule has 0 aliphatic carbocycles. The van der Waals surface area contributed by atoms with E-state index in [1.54, 1.807) is 16.4 Å². The van der Waals surface area contributed by atoms with Crippen LogP contribution in [0.1, 0.15) is 18.4 Å². The third kappa shape index (κ3) is 3.90. The minimum atomic E-state index is -0.965. The van der Waals surface area contributed by atoms with Crippen LogP contribution in [0.15, 0.2) is 18.2 Å². The van der Waals surface area contributed by atoms with Gasteiger partial charge in [0.05, 0.1) is 11.6 Å². The molecule has 6 heteroatoms. The molecule has 0 heterocycles. The van der Waals surface area contributed by atoms with Gasteiger partial charge in [0, 0.05) is 12.1 Å². The summed E-state index contributed by atoms with van der Waals surface area (Å²) in [5.74, 6) is -2.13. The van der Waals surface area contributed by atoms with E-state index in [0.717, 1.165) is 0 Å². The largest absolute Gasteiger partial charge is 0.481 e. The average molecular weight is 258 g/mol. The summed E-state index contributed by atoms with van der Waals surface area (Å²) in [6.07, 6.45) is 0. The van der Waals surface area contributed by atoms with Gasteiger partial charge in [0.25, 0.3) is 0 Å². The summed E-state index contributed by atoms with van der Waals surface area (Å²) < 4.78 is 18.2. The van der Waals surface area contributed by atoms with Crippen LogP contribution in [-0.4, -0.2) is 29.5 Å². The van der Waals surface area contributed by atoms with Crippen LogP contribution in [0.3, 0.4) is 0 Å². The van der Waals surface area contributed by atoms with Crippen LogP contribution in [0.4, 0.5) is 10.1 Å². The predicted octanol–water partition coefficient (Wildman–Crippen LogP) is 2.55. The third-order valence-corrected chi connectivity index (χ3v) is 2.88. The zero-order chi connectivity index (χ0) is 13.0. The maximum atomic E-state index is 13.6. The second kappa shape index (κ2) is 5.88. The summed E-state index contributed by atoms with van der Waals surface area (Å²) in [6.45, 7) is 1.53. The molecule has 0 aliphatic heterocycles. The van der Waals surface area contributed by atoms with E-state index >= 15 is 0 Å². The smallest absolute Gasteiger partial charge is 0.310 e. The second-order valence-electron chi connectivity index (χ2n) is 3.80. The normalized spacial score (nSPS) is 12.5. The molecule has 0 amide bonds. The average Bonchev–Trinajstić information content (AvgIpc) is 2.26. The molecule has 1 aromatic rings. The Balaban J connectivity index is 2.82. The minimum Gasteiger partial charge on any atom is -0.481 e. The van der Waals surface area contributed by atoms with Crippen molar-refractivity contribution in [2.24, 2.45) is 0 Å². The van der Waals surface area contributed by atoms with E-state index in [0.29, 0.717) is 11.3 Å². The molecular weight excluding hydrogens is 243 g/mol. The van der Waals surface area contributed by atoms with Crippen molar-refractivity contribution in [3.63, 3.8) is 0 Å². The Hall–Kier alpha value is -1.27. The van der Waals surface area contributed by atoms with Gasteiger partial charge in [-0.2, -0.15) is 0 Å². The highest BCUT2D eigenvalue weighted by atomic mass is 32.2. The standard InChI is InChI=1S/C11H15FN2O2S/c1-7(11(15)16)8-4-5-10(9(12)6-8)13-17-14(2)3/h4-7,13H,1-3H3,(H,15,16). The van der Waals surface area contributed by atoms with Crippen molar-refractivity contribution in [3.05, 3.63) is 29.6 Å². The van der Waals surface area contributed by atoms with E-state index in [9.17, 15) is 9.18 Å². The van der Waals surface area contributed by atoms with Gasteiger partial charge in [0.1, 0.15) is 5.82 Å². The van der Waals surface area contributed by atoms with E-state index in [-0.39, 0.29) is 0 Å². The molecule has 0 saturated heterocycles. The molecule has 1 rings (SSSR count). The van der Waals surface area contributed by atoms with Crippen molar-refractivity contribution in [2.45, 2.75) is 12.8 Å². The Labute approximate surface area is 104 Å². The number of rotatable bonds is 5. The van der Waals surface area contributed by atoms with Crippen LogP contribution in [0.5, 0.6) is 0 Å². The molecule has 1 atom stereocenters. The molecule has 0 aliphatic rings. The highest BCUT2D eigenvalue weighted by Gasteiger charge is 2.15. The Kier molecular flexibility index (Phi) is 4.77. The summed E-state index contributed by atoms with van der Waals surface area (Å²) in [5, 5.41) is 8.82. The van der Waals surface area contributed by atoms with E-state index in [1.807, 2.05) is 14.1 Å². The molecule has 0 bridgehead atoms. The zero-order valence-corrected chi connectivity index (χ0v) is 10.7. The molecule has 4 nitrogen and oxygen atoms in total. The van der Waals surface area contributed by atoms with Gasteiger partial charge in [-0.05, 0) is 38.7 Å². The van der Waals surface area contributed by atoms with E-state index in [2.05, 4.69) is 4.72 Å². The maximum Gasteiger partial charge on any atom is 0.310 e. The lowest BCUT2D eigenvalue weighted by atomic mass is 10.0. The van der Waals surface area contributed by atoms with Gasteiger partial charge in [-0.15, -0.1) is 0 Å². The maximum absolute atomic E-state index is 13.6. The molecule has 0 saturated carbocycles. The highest BCUT2D eigenvalue weighted by Crippen LogP contribution is 2.23. The van der Waals surface area contributed by atoms with Gasteiger partial charge < -0.3 is 9.83 Å². The Bertz CT molecular complexity index is 412. The first-order valence-electron chi connectivity index (χ1n) is 5.04. The fraction of sp³-hybridized carbons (Fsp3) is 0.364. The summed E-state index contributed by atoms with van der Waals surface area (Å²) in [7, 11) is 3.66. The number of anilines is 1. The number of nitrogens with zero attached hydrogens (tertiary/aromatic N) is 1. The summed E-state index contributed by atoms with van der Waals surface area (Å²) in [4.78, 5) is 10.8. The highest BCUT2D eigenvalue weighted by molar-refractivity contribution is 7.98. The first-order chi connectivity index (χ1) is 7.91. The molecule has 0 fully saturated rings. The fourth-order valence-corrected chi connectivity index (χ4v) is 1.61. The van der Waals surface area contributed by atoms with Gasteiger partial charge in [-0.3, -0.25) is 4.79 Å². The number of carbonyl (C=O) groups is 1. The van der Waals surface area contributed by atoms with E-state index < -0.39 is 17.7 Å². The third-order valence-electron chi connectivity index (χ3n) is 2.20. The number of halogens is 1. The summed E-state index contributed by atoms with van der Waals surface area (Å²) in [5.41, 5.74) is 0.792. The van der Waals surface area contributed by atoms with Crippen LogP contribution in [-0.2, 0) is 4.79 Å². The quantitative estimate of drug-likeness (QED) is 0.795. The Morgan fingerprint density at radius 1 is 1.53 bits per heavy atom.